The standard InChI is InChI=1S/C20H37N5O.HI/c1-16-8-12-25(13-9-16)11-7-6-10-22-19(21-5)24-15-18-23-14-17(26-18)20(2,3)4;/h14,16H,6-13,15H2,1-5H3,(H2,21,22,24);1H. The molecule has 0 saturated carbocycles. The van der Waals surface area contributed by atoms with Gasteiger partial charge in [-0.1, -0.05) is 27.7 Å². The minimum absolute atomic E-state index is 0. The predicted molar refractivity (Wildman–Crippen MR) is 123 cm³/mol. The second kappa shape index (κ2) is 11.9. The molecule has 7 heteroatoms. The molecule has 1 aliphatic heterocycles. The first-order valence-corrected chi connectivity index (χ1v) is 10.0. The van der Waals surface area contributed by atoms with Crippen molar-refractivity contribution >= 4 is 29.9 Å². The van der Waals surface area contributed by atoms with Crippen molar-refractivity contribution in [3.8, 4) is 0 Å². The van der Waals surface area contributed by atoms with Gasteiger partial charge in [0.2, 0.25) is 5.89 Å². The van der Waals surface area contributed by atoms with E-state index in [0.717, 1.165) is 30.6 Å². The van der Waals surface area contributed by atoms with Crippen molar-refractivity contribution in [2.45, 2.75) is 65.3 Å². The lowest BCUT2D eigenvalue weighted by Gasteiger charge is -2.30. The fraction of sp³-hybridized carbons (Fsp3) is 0.800. The van der Waals surface area contributed by atoms with Crippen LogP contribution in [-0.4, -0.2) is 49.1 Å². The van der Waals surface area contributed by atoms with Crippen LogP contribution in [0.1, 0.15) is 65.0 Å². The first-order valence-electron chi connectivity index (χ1n) is 10.0. The number of hydrogen-bond acceptors (Lipinski definition) is 4. The monoisotopic (exact) mass is 491 g/mol. The van der Waals surface area contributed by atoms with Gasteiger partial charge in [-0.05, 0) is 51.2 Å². The zero-order valence-corrected chi connectivity index (χ0v) is 20.0. The van der Waals surface area contributed by atoms with Crippen LogP contribution in [0.15, 0.2) is 15.6 Å². The maximum Gasteiger partial charge on any atom is 0.213 e. The third kappa shape index (κ3) is 8.81. The van der Waals surface area contributed by atoms with Gasteiger partial charge in [-0.2, -0.15) is 0 Å². The van der Waals surface area contributed by atoms with E-state index in [1.54, 1.807) is 7.05 Å². The van der Waals surface area contributed by atoms with Gasteiger partial charge in [0.25, 0.3) is 0 Å². The zero-order valence-electron chi connectivity index (χ0n) is 17.7. The largest absolute Gasteiger partial charge is 0.443 e. The molecule has 0 radical (unpaired) electrons. The molecule has 0 bridgehead atoms. The number of aliphatic imine (C=N–C) groups is 1. The van der Waals surface area contributed by atoms with E-state index in [0.29, 0.717) is 12.4 Å². The molecule has 0 aliphatic carbocycles. The highest BCUT2D eigenvalue weighted by Gasteiger charge is 2.19. The SMILES string of the molecule is CN=C(NCCCCN1CCC(C)CC1)NCc1ncc(C(C)(C)C)o1.I. The van der Waals surface area contributed by atoms with Crippen molar-refractivity contribution < 1.29 is 4.42 Å². The molecule has 1 aliphatic rings. The Balaban J connectivity index is 0.00000364. The normalized spacial score (nSPS) is 16.9. The smallest absolute Gasteiger partial charge is 0.213 e. The maximum absolute atomic E-state index is 5.80. The summed E-state index contributed by atoms with van der Waals surface area (Å²) in [4.78, 5) is 11.2. The summed E-state index contributed by atoms with van der Waals surface area (Å²) < 4.78 is 5.80. The molecule has 2 heterocycles. The first kappa shape index (κ1) is 24.2. The van der Waals surface area contributed by atoms with E-state index in [1.165, 1.54) is 38.9 Å². The molecular formula is C20H38IN5O. The summed E-state index contributed by atoms with van der Waals surface area (Å²) in [6.45, 7) is 14.0. The molecule has 0 spiro atoms. The van der Waals surface area contributed by atoms with E-state index in [9.17, 15) is 0 Å². The van der Waals surface area contributed by atoms with E-state index in [1.807, 2.05) is 6.20 Å². The molecule has 27 heavy (non-hydrogen) atoms. The highest BCUT2D eigenvalue weighted by molar-refractivity contribution is 14.0. The summed E-state index contributed by atoms with van der Waals surface area (Å²) in [6.07, 6.45) is 6.90. The number of likely N-dealkylation sites (tertiary alicyclic amines) is 1. The molecule has 0 unspecified atom stereocenters. The highest BCUT2D eigenvalue weighted by Crippen LogP contribution is 2.22. The number of rotatable bonds is 7. The van der Waals surface area contributed by atoms with Crippen LogP contribution in [-0.2, 0) is 12.0 Å². The Morgan fingerprint density at radius 2 is 1.96 bits per heavy atom. The summed E-state index contributed by atoms with van der Waals surface area (Å²) in [6, 6.07) is 0. The number of guanidine groups is 1. The van der Waals surface area contributed by atoms with Crippen molar-refractivity contribution in [2.24, 2.45) is 10.9 Å². The Morgan fingerprint density at radius 1 is 1.26 bits per heavy atom. The number of halogens is 1. The summed E-state index contributed by atoms with van der Waals surface area (Å²) >= 11 is 0. The zero-order chi connectivity index (χ0) is 19.0. The van der Waals surface area contributed by atoms with Gasteiger partial charge in [0.15, 0.2) is 5.96 Å². The van der Waals surface area contributed by atoms with E-state index in [2.05, 4.69) is 53.2 Å². The number of nitrogens with zero attached hydrogens (tertiary/aromatic N) is 3. The molecule has 6 nitrogen and oxygen atoms in total. The van der Waals surface area contributed by atoms with Crippen LogP contribution in [0.2, 0.25) is 0 Å². The Bertz CT molecular complexity index is 559. The van der Waals surface area contributed by atoms with Crippen LogP contribution in [0.5, 0.6) is 0 Å². The number of hydrogen-bond donors (Lipinski definition) is 2. The lowest BCUT2D eigenvalue weighted by Crippen LogP contribution is -2.38. The van der Waals surface area contributed by atoms with E-state index in [4.69, 9.17) is 4.42 Å². The van der Waals surface area contributed by atoms with Gasteiger partial charge in [0.05, 0.1) is 12.7 Å². The van der Waals surface area contributed by atoms with Crippen LogP contribution in [0.4, 0.5) is 0 Å². The van der Waals surface area contributed by atoms with Crippen LogP contribution in [0, 0.1) is 5.92 Å². The third-order valence-corrected chi connectivity index (χ3v) is 4.99. The first-order chi connectivity index (χ1) is 12.4. The van der Waals surface area contributed by atoms with E-state index < -0.39 is 0 Å². The van der Waals surface area contributed by atoms with Crippen LogP contribution >= 0.6 is 24.0 Å². The van der Waals surface area contributed by atoms with Gasteiger partial charge in [-0.3, -0.25) is 4.99 Å². The predicted octanol–water partition coefficient (Wildman–Crippen LogP) is 3.77. The van der Waals surface area contributed by atoms with Gasteiger partial charge in [-0.15, -0.1) is 24.0 Å². The summed E-state index contributed by atoms with van der Waals surface area (Å²) in [5.41, 5.74) is -0.0163. The second-order valence-electron chi connectivity index (χ2n) is 8.45. The number of piperidine rings is 1. The summed E-state index contributed by atoms with van der Waals surface area (Å²) in [7, 11) is 1.79. The van der Waals surface area contributed by atoms with Gasteiger partial charge in [-0.25, -0.2) is 4.98 Å². The van der Waals surface area contributed by atoms with Gasteiger partial charge in [0.1, 0.15) is 5.76 Å². The Morgan fingerprint density at radius 3 is 2.56 bits per heavy atom. The van der Waals surface area contributed by atoms with E-state index >= 15 is 0 Å². The van der Waals surface area contributed by atoms with Gasteiger partial charge < -0.3 is 20.0 Å². The van der Waals surface area contributed by atoms with Crippen molar-refractivity contribution in [2.75, 3.05) is 33.2 Å². The molecule has 1 aromatic rings. The average molecular weight is 491 g/mol. The highest BCUT2D eigenvalue weighted by atomic mass is 127. The molecule has 1 fully saturated rings. The average Bonchev–Trinajstić information content (AvgIpc) is 3.08. The van der Waals surface area contributed by atoms with Gasteiger partial charge >= 0.3 is 0 Å². The molecule has 1 aromatic heterocycles. The third-order valence-electron chi connectivity index (χ3n) is 4.99. The number of aromatic nitrogens is 1. The Hall–Kier alpha value is -0.830. The maximum atomic E-state index is 5.80. The van der Waals surface area contributed by atoms with Crippen LogP contribution in [0.25, 0.3) is 0 Å². The quantitative estimate of drug-likeness (QED) is 0.263. The molecule has 156 valence electrons. The molecule has 0 aromatic carbocycles. The van der Waals surface area contributed by atoms with Crippen LogP contribution < -0.4 is 10.6 Å². The number of oxazole rings is 1. The van der Waals surface area contributed by atoms with Crippen molar-refractivity contribution in [3.05, 3.63) is 17.8 Å². The number of nitrogens with one attached hydrogen (secondary N) is 2. The fourth-order valence-corrected chi connectivity index (χ4v) is 3.07. The topological polar surface area (TPSA) is 65.7 Å². The van der Waals surface area contributed by atoms with Crippen molar-refractivity contribution in [3.63, 3.8) is 0 Å². The molecule has 0 atom stereocenters. The molecule has 2 N–H and O–H groups in total. The van der Waals surface area contributed by atoms with Crippen molar-refractivity contribution in [1.82, 2.24) is 20.5 Å². The summed E-state index contributed by atoms with van der Waals surface area (Å²) in [5, 5.41) is 6.64. The van der Waals surface area contributed by atoms with Gasteiger partial charge in [0, 0.05) is 19.0 Å². The Labute approximate surface area is 182 Å². The fourth-order valence-electron chi connectivity index (χ4n) is 3.07. The van der Waals surface area contributed by atoms with Crippen LogP contribution in [0.3, 0.4) is 0 Å². The lowest BCUT2D eigenvalue weighted by atomic mass is 9.94. The molecule has 2 rings (SSSR count). The Kier molecular flexibility index (Phi) is 10.7. The molecule has 0 amide bonds. The minimum atomic E-state index is -0.0163. The minimum Gasteiger partial charge on any atom is -0.443 e. The molecule has 1 saturated heterocycles. The molecular weight excluding hydrogens is 453 g/mol. The number of unbranched alkanes of at least 4 members (excludes halogenated alkanes) is 1. The lowest BCUT2D eigenvalue weighted by molar-refractivity contribution is 0.189. The van der Waals surface area contributed by atoms with Crippen molar-refractivity contribution in [1.29, 1.82) is 0 Å². The van der Waals surface area contributed by atoms with E-state index in [-0.39, 0.29) is 29.4 Å². The summed E-state index contributed by atoms with van der Waals surface area (Å²) in [5.74, 6) is 3.30. The second-order valence-corrected chi connectivity index (χ2v) is 8.45.